The Morgan fingerprint density at radius 2 is 1.95 bits per heavy atom. The fourth-order valence-electron chi connectivity index (χ4n) is 3.30. The SMILES string of the molecule is CC1CC(NC2CC(c3ccccc3Br)C2)CCO1. The van der Waals surface area contributed by atoms with Crippen molar-refractivity contribution in [2.75, 3.05) is 6.61 Å². The normalized spacial score (nSPS) is 34.8. The molecule has 1 saturated heterocycles. The Balaban J connectivity index is 1.49. The topological polar surface area (TPSA) is 21.3 Å². The lowest BCUT2D eigenvalue weighted by Crippen LogP contribution is -2.48. The van der Waals surface area contributed by atoms with E-state index in [4.69, 9.17) is 4.74 Å². The molecular weight excluding hydrogens is 302 g/mol. The Morgan fingerprint density at radius 1 is 1.16 bits per heavy atom. The molecule has 1 aliphatic carbocycles. The molecule has 0 aromatic heterocycles. The zero-order valence-corrected chi connectivity index (χ0v) is 13.0. The molecule has 3 heteroatoms. The molecule has 2 nitrogen and oxygen atoms in total. The Hall–Kier alpha value is -0.380. The van der Waals surface area contributed by atoms with E-state index < -0.39 is 0 Å². The highest BCUT2D eigenvalue weighted by Crippen LogP contribution is 2.40. The second-order valence-electron chi connectivity index (χ2n) is 5.96. The predicted molar refractivity (Wildman–Crippen MR) is 81.5 cm³/mol. The van der Waals surface area contributed by atoms with Crippen LogP contribution < -0.4 is 5.32 Å². The summed E-state index contributed by atoms with van der Waals surface area (Å²) in [6, 6.07) is 9.99. The molecule has 104 valence electrons. The second kappa shape index (κ2) is 5.94. The van der Waals surface area contributed by atoms with Crippen molar-refractivity contribution in [1.82, 2.24) is 5.32 Å². The molecule has 2 aliphatic rings. The monoisotopic (exact) mass is 323 g/mol. The van der Waals surface area contributed by atoms with Crippen molar-refractivity contribution in [3.8, 4) is 0 Å². The molecule has 1 aliphatic heterocycles. The minimum atomic E-state index is 0.422. The number of hydrogen-bond acceptors (Lipinski definition) is 2. The summed E-state index contributed by atoms with van der Waals surface area (Å²) < 4.78 is 6.86. The van der Waals surface area contributed by atoms with E-state index in [-0.39, 0.29) is 0 Å². The second-order valence-corrected chi connectivity index (χ2v) is 6.81. The van der Waals surface area contributed by atoms with E-state index in [1.165, 1.54) is 29.3 Å². The molecule has 1 aromatic carbocycles. The summed E-state index contributed by atoms with van der Waals surface area (Å²) in [5.41, 5.74) is 1.47. The highest BCUT2D eigenvalue weighted by molar-refractivity contribution is 9.10. The van der Waals surface area contributed by atoms with E-state index in [0.717, 1.165) is 18.9 Å². The van der Waals surface area contributed by atoms with Crippen molar-refractivity contribution in [2.45, 2.75) is 56.7 Å². The van der Waals surface area contributed by atoms with Crippen LogP contribution in [0, 0.1) is 0 Å². The van der Waals surface area contributed by atoms with E-state index in [0.29, 0.717) is 18.2 Å². The van der Waals surface area contributed by atoms with Gasteiger partial charge in [0.2, 0.25) is 0 Å². The summed E-state index contributed by atoms with van der Waals surface area (Å²) >= 11 is 3.66. The summed E-state index contributed by atoms with van der Waals surface area (Å²) in [4.78, 5) is 0. The summed E-state index contributed by atoms with van der Waals surface area (Å²) in [5, 5.41) is 3.81. The predicted octanol–water partition coefficient (Wildman–Crippen LogP) is 3.85. The van der Waals surface area contributed by atoms with Gasteiger partial charge in [-0.2, -0.15) is 0 Å². The first-order valence-electron chi connectivity index (χ1n) is 7.34. The van der Waals surface area contributed by atoms with Gasteiger partial charge in [0.1, 0.15) is 0 Å². The Morgan fingerprint density at radius 3 is 2.68 bits per heavy atom. The minimum Gasteiger partial charge on any atom is -0.378 e. The molecule has 2 atom stereocenters. The van der Waals surface area contributed by atoms with Gasteiger partial charge in [0.05, 0.1) is 6.10 Å². The van der Waals surface area contributed by atoms with E-state index in [2.05, 4.69) is 52.4 Å². The molecule has 1 saturated carbocycles. The molecule has 0 radical (unpaired) electrons. The van der Waals surface area contributed by atoms with Crippen LogP contribution in [0.2, 0.25) is 0 Å². The first-order chi connectivity index (χ1) is 9.22. The minimum absolute atomic E-state index is 0.422. The number of ether oxygens (including phenoxy) is 1. The van der Waals surface area contributed by atoms with E-state index in [1.807, 2.05) is 0 Å². The Kier molecular flexibility index (Phi) is 4.25. The van der Waals surface area contributed by atoms with Crippen molar-refractivity contribution in [2.24, 2.45) is 0 Å². The van der Waals surface area contributed by atoms with Gasteiger partial charge in [0.25, 0.3) is 0 Å². The lowest BCUT2D eigenvalue weighted by Gasteiger charge is -2.40. The van der Waals surface area contributed by atoms with Crippen LogP contribution in [0.15, 0.2) is 28.7 Å². The highest BCUT2D eigenvalue weighted by Gasteiger charge is 2.33. The maximum Gasteiger partial charge on any atom is 0.0561 e. The van der Waals surface area contributed by atoms with Crippen molar-refractivity contribution >= 4 is 15.9 Å². The lowest BCUT2D eigenvalue weighted by atomic mass is 9.75. The van der Waals surface area contributed by atoms with Crippen molar-refractivity contribution in [1.29, 1.82) is 0 Å². The lowest BCUT2D eigenvalue weighted by molar-refractivity contribution is 0.00850. The fourth-order valence-corrected chi connectivity index (χ4v) is 3.91. The zero-order chi connectivity index (χ0) is 13.2. The quantitative estimate of drug-likeness (QED) is 0.912. The molecule has 0 spiro atoms. The third kappa shape index (κ3) is 3.21. The molecule has 1 N–H and O–H groups in total. The van der Waals surface area contributed by atoms with Gasteiger partial charge in [-0.25, -0.2) is 0 Å². The van der Waals surface area contributed by atoms with Crippen LogP contribution in [0.1, 0.15) is 44.1 Å². The molecule has 0 amide bonds. The molecule has 1 heterocycles. The van der Waals surface area contributed by atoms with Gasteiger partial charge in [-0.05, 0) is 50.2 Å². The van der Waals surface area contributed by atoms with Crippen LogP contribution >= 0.6 is 15.9 Å². The summed E-state index contributed by atoms with van der Waals surface area (Å²) in [6.45, 7) is 3.09. The summed E-state index contributed by atoms with van der Waals surface area (Å²) in [7, 11) is 0. The molecule has 2 unspecified atom stereocenters. The van der Waals surface area contributed by atoms with Gasteiger partial charge in [-0.15, -0.1) is 0 Å². The summed E-state index contributed by atoms with van der Waals surface area (Å²) in [6.07, 6.45) is 5.30. The maximum absolute atomic E-state index is 5.60. The van der Waals surface area contributed by atoms with E-state index in [9.17, 15) is 0 Å². The first kappa shape index (κ1) is 13.6. The van der Waals surface area contributed by atoms with Gasteiger partial charge >= 0.3 is 0 Å². The average molecular weight is 324 g/mol. The van der Waals surface area contributed by atoms with Crippen LogP contribution in [-0.4, -0.2) is 24.8 Å². The van der Waals surface area contributed by atoms with Crippen LogP contribution in [0.4, 0.5) is 0 Å². The average Bonchev–Trinajstić information content (AvgIpc) is 2.35. The Bertz CT molecular complexity index is 431. The molecule has 19 heavy (non-hydrogen) atoms. The molecule has 0 bridgehead atoms. The van der Waals surface area contributed by atoms with Crippen LogP contribution in [0.3, 0.4) is 0 Å². The van der Waals surface area contributed by atoms with Gasteiger partial charge in [-0.1, -0.05) is 34.1 Å². The van der Waals surface area contributed by atoms with Crippen LogP contribution in [0.25, 0.3) is 0 Å². The van der Waals surface area contributed by atoms with Crippen molar-refractivity contribution in [3.05, 3.63) is 34.3 Å². The fraction of sp³-hybridized carbons (Fsp3) is 0.625. The molecule has 2 fully saturated rings. The molecular formula is C16H22BrNO. The van der Waals surface area contributed by atoms with Crippen LogP contribution in [0.5, 0.6) is 0 Å². The third-order valence-corrected chi connectivity index (χ3v) is 5.16. The van der Waals surface area contributed by atoms with Crippen molar-refractivity contribution < 1.29 is 4.74 Å². The largest absolute Gasteiger partial charge is 0.378 e. The third-order valence-electron chi connectivity index (χ3n) is 4.44. The number of rotatable bonds is 3. The standard InChI is InChI=1S/C16H22BrNO/c1-11-8-13(6-7-19-11)18-14-9-12(10-14)15-4-2-3-5-16(15)17/h2-5,11-14,18H,6-10H2,1H3. The van der Waals surface area contributed by atoms with Gasteiger partial charge in [0.15, 0.2) is 0 Å². The number of benzene rings is 1. The Labute approximate surface area is 124 Å². The summed E-state index contributed by atoms with van der Waals surface area (Å²) in [5.74, 6) is 0.727. The molecule has 1 aromatic rings. The first-order valence-corrected chi connectivity index (χ1v) is 8.13. The number of halogens is 1. The van der Waals surface area contributed by atoms with Gasteiger partial charge in [-0.3, -0.25) is 0 Å². The molecule has 3 rings (SSSR count). The zero-order valence-electron chi connectivity index (χ0n) is 11.4. The van der Waals surface area contributed by atoms with Gasteiger partial charge < -0.3 is 10.1 Å². The number of hydrogen-bond donors (Lipinski definition) is 1. The highest BCUT2D eigenvalue weighted by atomic mass is 79.9. The van der Waals surface area contributed by atoms with Crippen molar-refractivity contribution in [3.63, 3.8) is 0 Å². The van der Waals surface area contributed by atoms with Gasteiger partial charge in [0, 0.05) is 23.2 Å². The smallest absolute Gasteiger partial charge is 0.0561 e. The maximum atomic E-state index is 5.60. The van der Waals surface area contributed by atoms with E-state index in [1.54, 1.807) is 0 Å². The van der Waals surface area contributed by atoms with E-state index >= 15 is 0 Å². The van der Waals surface area contributed by atoms with Crippen LogP contribution in [-0.2, 0) is 4.74 Å². The number of nitrogens with one attached hydrogen (secondary N) is 1.